The summed E-state index contributed by atoms with van der Waals surface area (Å²) < 4.78 is 0. The predicted molar refractivity (Wildman–Crippen MR) is 46.9 cm³/mol. The fourth-order valence-electron chi connectivity index (χ4n) is 1.66. The van der Waals surface area contributed by atoms with Crippen molar-refractivity contribution >= 4 is 0 Å². The summed E-state index contributed by atoms with van der Waals surface area (Å²) in [5, 5.41) is 0. The molecule has 0 radical (unpaired) electrons. The zero-order chi connectivity index (χ0) is 7.68. The van der Waals surface area contributed by atoms with Crippen LogP contribution in [0.3, 0.4) is 0 Å². The third-order valence-corrected chi connectivity index (χ3v) is 2.20. The van der Waals surface area contributed by atoms with E-state index in [-0.39, 0.29) is 0 Å². The normalized spacial score (nSPS) is 26.1. The van der Waals surface area contributed by atoms with Gasteiger partial charge in [0.2, 0.25) is 0 Å². The van der Waals surface area contributed by atoms with E-state index in [1.54, 1.807) is 0 Å². The van der Waals surface area contributed by atoms with Crippen molar-refractivity contribution in [3.05, 3.63) is 36.2 Å². The van der Waals surface area contributed by atoms with E-state index in [1.807, 2.05) is 0 Å². The molecule has 0 aromatic rings. The minimum atomic E-state index is 0.585. The number of nitrogens with zero attached hydrogens (tertiary/aromatic N) is 1. The SMILES string of the molecule is CCCN1C=CC2C=CC=C21. The first-order valence-corrected chi connectivity index (χ1v) is 4.25. The summed E-state index contributed by atoms with van der Waals surface area (Å²) in [6, 6.07) is 0. The van der Waals surface area contributed by atoms with Crippen molar-refractivity contribution in [2.45, 2.75) is 13.3 Å². The molecular weight excluding hydrogens is 134 g/mol. The smallest absolute Gasteiger partial charge is 0.0372 e. The lowest BCUT2D eigenvalue weighted by molar-refractivity contribution is 0.464. The highest BCUT2D eigenvalue weighted by Crippen LogP contribution is 2.29. The largest absolute Gasteiger partial charge is 0.351 e. The molecule has 1 nitrogen and oxygen atoms in total. The van der Waals surface area contributed by atoms with Crippen LogP contribution >= 0.6 is 0 Å². The minimum absolute atomic E-state index is 0.585. The van der Waals surface area contributed by atoms with E-state index in [9.17, 15) is 0 Å². The first-order chi connectivity index (χ1) is 5.42. The highest BCUT2D eigenvalue weighted by atomic mass is 15.1. The van der Waals surface area contributed by atoms with Gasteiger partial charge in [-0.25, -0.2) is 0 Å². The Kier molecular flexibility index (Phi) is 1.57. The van der Waals surface area contributed by atoms with Crippen LogP contribution in [0.15, 0.2) is 36.2 Å². The van der Waals surface area contributed by atoms with Gasteiger partial charge in [0.1, 0.15) is 0 Å². The summed E-state index contributed by atoms with van der Waals surface area (Å²) in [5.41, 5.74) is 1.45. The fourth-order valence-corrected chi connectivity index (χ4v) is 1.66. The van der Waals surface area contributed by atoms with Crippen LogP contribution in [0.2, 0.25) is 0 Å². The van der Waals surface area contributed by atoms with Gasteiger partial charge < -0.3 is 4.90 Å². The third-order valence-electron chi connectivity index (χ3n) is 2.20. The molecule has 1 heteroatoms. The topological polar surface area (TPSA) is 3.24 Å². The summed E-state index contributed by atoms with van der Waals surface area (Å²) in [5.74, 6) is 0.585. The molecule has 0 N–H and O–H groups in total. The van der Waals surface area contributed by atoms with E-state index in [0.29, 0.717) is 5.92 Å². The zero-order valence-electron chi connectivity index (χ0n) is 6.83. The van der Waals surface area contributed by atoms with Gasteiger partial charge in [-0.1, -0.05) is 25.2 Å². The van der Waals surface area contributed by atoms with Crippen LogP contribution < -0.4 is 0 Å². The number of allylic oxidation sites excluding steroid dienone is 3. The van der Waals surface area contributed by atoms with Crippen molar-refractivity contribution in [1.29, 1.82) is 0 Å². The molecule has 2 aliphatic rings. The molecule has 0 bridgehead atoms. The maximum Gasteiger partial charge on any atom is 0.0372 e. The van der Waals surface area contributed by atoms with E-state index < -0.39 is 0 Å². The molecule has 2 rings (SSSR count). The lowest BCUT2D eigenvalue weighted by Crippen LogP contribution is -2.14. The molecule has 1 unspecified atom stereocenters. The average molecular weight is 147 g/mol. The number of hydrogen-bond acceptors (Lipinski definition) is 1. The van der Waals surface area contributed by atoms with Gasteiger partial charge in [0.05, 0.1) is 0 Å². The number of fused-ring (bicyclic) bond motifs is 1. The lowest BCUT2D eigenvalue weighted by Gasteiger charge is -2.17. The number of hydrogen-bond donors (Lipinski definition) is 0. The molecule has 1 heterocycles. The summed E-state index contributed by atoms with van der Waals surface area (Å²) in [4.78, 5) is 2.34. The monoisotopic (exact) mass is 147 g/mol. The molecule has 0 aromatic heterocycles. The third kappa shape index (κ3) is 1.01. The maximum atomic E-state index is 2.34. The molecule has 1 atom stereocenters. The highest BCUT2D eigenvalue weighted by molar-refractivity contribution is 5.35. The molecule has 1 aliphatic carbocycles. The molecule has 0 spiro atoms. The van der Waals surface area contributed by atoms with Gasteiger partial charge in [0, 0.05) is 24.4 Å². The van der Waals surface area contributed by atoms with Gasteiger partial charge in [-0.3, -0.25) is 0 Å². The quantitative estimate of drug-likeness (QED) is 0.579. The Balaban J connectivity index is 2.11. The van der Waals surface area contributed by atoms with Gasteiger partial charge in [-0.15, -0.1) is 0 Å². The molecule has 0 fully saturated rings. The van der Waals surface area contributed by atoms with Crippen LogP contribution in [0, 0.1) is 5.92 Å². The standard InChI is InChI=1S/C10H13N/c1-2-7-11-8-6-9-4-3-5-10(9)11/h3-6,8-9H,2,7H2,1H3. The first-order valence-electron chi connectivity index (χ1n) is 4.25. The Hall–Kier alpha value is -0.980. The molecule has 11 heavy (non-hydrogen) atoms. The van der Waals surface area contributed by atoms with Crippen molar-refractivity contribution in [3.8, 4) is 0 Å². The predicted octanol–water partition coefficient (Wildman–Crippen LogP) is 2.30. The van der Waals surface area contributed by atoms with Crippen LogP contribution in [-0.4, -0.2) is 11.4 Å². The summed E-state index contributed by atoms with van der Waals surface area (Å²) in [6.45, 7) is 3.37. The van der Waals surface area contributed by atoms with E-state index in [2.05, 4.69) is 42.3 Å². The second kappa shape index (κ2) is 2.57. The van der Waals surface area contributed by atoms with Crippen molar-refractivity contribution in [2.75, 3.05) is 6.54 Å². The summed E-state index contributed by atoms with van der Waals surface area (Å²) in [6.07, 6.45) is 12.3. The molecule has 0 aromatic carbocycles. The Bertz CT molecular complexity index is 235. The zero-order valence-corrected chi connectivity index (χ0v) is 6.83. The minimum Gasteiger partial charge on any atom is -0.351 e. The van der Waals surface area contributed by atoms with E-state index in [1.165, 1.54) is 12.1 Å². The molecule has 0 saturated carbocycles. The molecule has 58 valence electrons. The Morgan fingerprint density at radius 1 is 1.45 bits per heavy atom. The molecule has 1 aliphatic heterocycles. The van der Waals surface area contributed by atoms with E-state index >= 15 is 0 Å². The Morgan fingerprint density at radius 3 is 3.18 bits per heavy atom. The Labute approximate surface area is 67.7 Å². The van der Waals surface area contributed by atoms with Gasteiger partial charge >= 0.3 is 0 Å². The van der Waals surface area contributed by atoms with Gasteiger partial charge in [-0.2, -0.15) is 0 Å². The van der Waals surface area contributed by atoms with Gasteiger partial charge in [0.25, 0.3) is 0 Å². The van der Waals surface area contributed by atoms with Gasteiger partial charge in [0.15, 0.2) is 0 Å². The first kappa shape index (κ1) is 6.71. The molecule has 0 amide bonds. The van der Waals surface area contributed by atoms with Crippen molar-refractivity contribution in [1.82, 2.24) is 4.90 Å². The van der Waals surface area contributed by atoms with Crippen LogP contribution in [0.25, 0.3) is 0 Å². The van der Waals surface area contributed by atoms with Crippen LogP contribution in [-0.2, 0) is 0 Å². The summed E-state index contributed by atoms with van der Waals surface area (Å²) >= 11 is 0. The fraction of sp³-hybridized carbons (Fsp3) is 0.400. The van der Waals surface area contributed by atoms with Crippen molar-refractivity contribution in [3.63, 3.8) is 0 Å². The Morgan fingerprint density at radius 2 is 2.36 bits per heavy atom. The molecular formula is C10H13N. The van der Waals surface area contributed by atoms with E-state index in [0.717, 1.165) is 6.54 Å². The number of rotatable bonds is 2. The molecule has 0 saturated heterocycles. The average Bonchev–Trinajstić information content (AvgIpc) is 2.53. The van der Waals surface area contributed by atoms with Crippen LogP contribution in [0.4, 0.5) is 0 Å². The van der Waals surface area contributed by atoms with Crippen LogP contribution in [0.5, 0.6) is 0 Å². The van der Waals surface area contributed by atoms with Crippen molar-refractivity contribution < 1.29 is 0 Å². The van der Waals surface area contributed by atoms with Crippen LogP contribution in [0.1, 0.15) is 13.3 Å². The van der Waals surface area contributed by atoms with Crippen molar-refractivity contribution in [2.24, 2.45) is 5.92 Å². The second-order valence-corrected chi connectivity index (χ2v) is 3.04. The maximum absolute atomic E-state index is 2.34. The summed E-state index contributed by atoms with van der Waals surface area (Å²) in [7, 11) is 0. The van der Waals surface area contributed by atoms with Gasteiger partial charge in [-0.05, 0) is 12.5 Å². The second-order valence-electron chi connectivity index (χ2n) is 3.04. The van der Waals surface area contributed by atoms with E-state index in [4.69, 9.17) is 0 Å². The lowest BCUT2D eigenvalue weighted by atomic mass is 10.1. The highest BCUT2D eigenvalue weighted by Gasteiger charge is 2.21.